The summed E-state index contributed by atoms with van der Waals surface area (Å²) in [7, 11) is 0. The molecule has 23 heavy (non-hydrogen) atoms. The van der Waals surface area contributed by atoms with E-state index in [0.717, 1.165) is 20.3 Å². The molecule has 2 aromatic rings. The highest BCUT2D eigenvalue weighted by Crippen LogP contribution is 2.32. The van der Waals surface area contributed by atoms with Gasteiger partial charge in [0.15, 0.2) is 6.61 Å². The molecule has 0 unspecified atom stereocenters. The summed E-state index contributed by atoms with van der Waals surface area (Å²) in [6.07, 6.45) is 0. The highest BCUT2D eigenvalue weighted by molar-refractivity contribution is 9.11. The van der Waals surface area contributed by atoms with Crippen molar-refractivity contribution < 1.29 is 19.0 Å². The molecule has 0 amide bonds. The van der Waals surface area contributed by atoms with Crippen LogP contribution in [0.3, 0.4) is 0 Å². The van der Waals surface area contributed by atoms with Gasteiger partial charge < -0.3 is 14.2 Å². The smallest absolute Gasteiger partial charge is 0.344 e. The lowest BCUT2D eigenvalue weighted by Crippen LogP contribution is -2.18. The normalized spacial score (nSPS) is 10.2. The van der Waals surface area contributed by atoms with Gasteiger partial charge in [-0.25, -0.2) is 4.79 Å². The van der Waals surface area contributed by atoms with Gasteiger partial charge in [0.2, 0.25) is 0 Å². The van der Waals surface area contributed by atoms with Crippen LogP contribution in [-0.4, -0.2) is 25.8 Å². The van der Waals surface area contributed by atoms with E-state index in [-0.39, 0.29) is 13.2 Å². The Bertz CT molecular complexity index is 636. The molecular formula is C17H16Br2O4. The number of hydrogen-bond acceptors (Lipinski definition) is 4. The maximum Gasteiger partial charge on any atom is 0.344 e. The largest absolute Gasteiger partial charge is 0.490 e. The molecule has 0 saturated carbocycles. The lowest BCUT2D eigenvalue weighted by atomic mass is 10.2. The van der Waals surface area contributed by atoms with Crippen molar-refractivity contribution in [1.29, 1.82) is 0 Å². The average Bonchev–Trinajstić information content (AvgIpc) is 2.51. The number of hydrogen-bond donors (Lipinski definition) is 0. The van der Waals surface area contributed by atoms with E-state index < -0.39 is 5.97 Å². The number of benzene rings is 2. The van der Waals surface area contributed by atoms with Crippen LogP contribution in [-0.2, 0) is 9.53 Å². The third-order valence-corrected chi connectivity index (χ3v) is 3.93. The summed E-state index contributed by atoms with van der Waals surface area (Å²) in [6, 6.07) is 13.1. The third-order valence-electron chi connectivity index (χ3n) is 2.89. The van der Waals surface area contributed by atoms with Crippen molar-refractivity contribution in [2.75, 3.05) is 19.8 Å². The van der Waals surface area contributed by atoms with Gasteiger partial charge in [-0.1, -0.05) is 34.1 Å². The Morgan fingerprint density at radius 3 is 2.48 bits per heavy atom. The Morgan fingerprint density at radius 1 is 1.04 bits per heavy atom. The van der Waals surface area contributed by atoms with E-state index >= 15 is 0 Å². The molecule has 0 fully saturated rings. The number of carbonyl (C=O) groups is 1. The van der Waals surface area contributed by atoms with Crippen LogP contribution < -0.4 is 9.47 Å². The van der Waals surface area contributed by atoms with Gasteiger partial charge in [0.25, 0.3) is 0 Å². The molecule has 0 aliphatic carbocycles. The van der Waals surface area contributed by atoms with Crippen LogP contribution >= 0.6 is 31.9 Å². The van der Waals surface area contributed by atoms with E-state index in [1.165, 1.54) is 0 Å². The first kappa shape index (κ1) is 17.8. The zero-order valence-corrected chi connectivity index (χ0v) is 15.7. The Balaban J connectivity index is 1.71. The fourth-order valence-electron chi connectivity index (χ4n) is 1.88. The van der Waals surface area contributed by atoms with Gasteiger partial charge in [0.1, 0.15) is 24.7 Å². The lowest BCUT2D eigenvalue weighted by Gasteiger charge is -2.12. The topological polar surface area (TPSA) is 44.8 Å². The highest BCUT2D eigenvalue weighted by atomic mass is 79.9. The number of carbonyl (C=O) groups excluding carboxylic acids is 1. The standard InChI is InChI=1S/C17H16Br2O4/c1-12-9-13(18)10-15(19)17(12)23-11-16(20)22-8-7-21-14-5-3-2-4-6-14/h2-6,9-10H,7-8,11H2,1H3. The Kier molecular flexibility index (Phi) is 6.92. The second-order valence-electron chi connectivity index (χ2n) is 4.70. The Hall–Kier alpha value is -1.53. The predicted molar refractivity (Wildman–Crippen MR) is 95.0 cm³/mol. The van der Waals surface area contributed by atoms with Gasteiger partial charge in [-0.15, -0.1) is 0 Å². The molecular weight excluding hydrogens is 428 g/mol. The molecule has 2 rings (SSSR count). The molecule has 122 valence electrons. The van der Waals surface area contributed by atoms with Crippen LogP contribution in [0.1, 0.15) is 5.56 Å². The number of halogens is 2. The molecule has 0 saturated heterocycles. The van der Waals surface area contributed by atoms with Crippen molar-refractivity contribution in [3.05, 3.63) is 57.0 Å². The average molecular weight is 444 g/mol. The van der Waals surface area contributed by atoms with Crippen molar-refractivity contribution in [3.63, 3.8) is 0 Å². The SMILES string of the molecule is Cc1cc(Br)cc(Br)c1OCC(=O)OCCOc1ccccc1. The van der Waals surface area contributed by atoms with Crippen LogP contribution in [0.2, 0.25) is 0 Å². The van der Waals surface area contributed by atoms with E-state index in [1.807, 2.05) is 49.4 Å². The summed E-state index contributed by atoms with van der Waals surface area (Å²) in [5, 5.41) is 0. The molecule has 0 heterocycles. The second kappa shape index (κ2) is 8.93. The van der Waals surface area contributed by atoms with Crippen LogP contribution in [0.25, 0.3) is 0 Å². The minimum atomic E-state index is -0.434. The molecule has 6 heteroatoms. The van der Waals surface area contributed by atoms with E-state index in [4.69, 9.17) is 14.2 Å². The molecule has 2 aromatic carbocycles. The van der Waals surface area contributed by atoms with Gasteiger partial charge in [0, 0.05) is 4.47 Å². The predicted octanol–water partition coefficient (Wildman–Crippen LogP) is 4.52. The number of ether oxygens (including phenoxy) is 3. The van der Waals surface area contributed by atoms with Crippen molar-refractivity contribution in [2.24, 2.45) is 0 Å². The van der Waals surface area contributed by atoms with Gasteiger partial charge in [-0.2, -0.15) is 0 Å². The molecule has 0 N–H and O–H groups in total. The van der Waals surface area contributed by atoms with E-state index in [1.54, 1.807) is 0 Å². The summed E-state index contributed by atoms with van der Waals surface area (Å²) >= 11 is 6.81. The van der Waals surface area contributed by atoms with Crippen LogP contribution in [0.4, 0.5) is 0 Å². The number of esters is 1. The summed E-state index contributed by atoms with van der Waals surface area (Å²) < 4.78 is 17.8. The van der Waals surface area contributed by atoms with Crippen molar-refractivity contribution in [3.8, 4) is 11.5 Å². The van der Waals surface area contributed by atoms with Crippen LogP contribution in [0.5, 0.6) is 11.5 Å². The van der Waals surface area contributed by atoms with E-state index in [2.05, 4.69) is 31.9 Å². The van der Waals surface area contributed by atoms with Crippen molar-refractivity contribution in [1.82, 2.24) is 0 Å². The molecule has 0 spiro atoms. The first-order valence-electron chi connectivity index (χ1n) is 6.98. The molecule has 0 aliphatic rings. The van der Waals surface area contributed by atoms with Crippen molar-refractivity contribution in [2.45, 2.75) is 6.92 Å². The summed E-state index contributed by atoms with van der Waals surface area (Å²) in [5.41, 5.74) is 0.923. The maximum atomic E-state index is 11.7. The zero-order chi connectivity index (χ0) is 16.7. The minimum absolute atomic E-state index is 0.146. The molecule has 0 aliphatic heterocycles. The minimum Gasteiger partial charge on any atom is -0.490 e. The van der Waals surface area contributed by atoms with Gasteiger partial charge >= 0.3 is 5.97 Å². The van der Waals surface area contributed by atoms with E-state index in [9.17, 15) is 4.79 Å². The van der Waals surface area contributed by atoms with Crippen LogP contribution in [0, 0.1) is 6.92 Å². The first-order valence-corrected chi connectivity index (χ1v) is 8.57. The highest BCUT2D eigenvalue weighted by Gasteiger charge is 2.10. The van der Waals surface area contributed by atoms with Crippen LogP contribution in [0.15, 0.2) is 51.4 Å². The fourth-order valence-corrected chi connectivity index (χ4v) is 3.43. The summed E-state index contributed by atoms with van der Waals surface area (Å²) in [4.78, 5) is 11.7. The lowest BCUT2D eigenvalue weighted by molar-refractivity contribution is -0.146. The summed E-state index contributed by atoms with van der Waals surface area (Å²) in [5.74, 6) is 0.941. The molecule has 0 bridgehead atoms. The number of aryl methyl sites for hydroxylation is 1. The fraction of sp³-hybridized carbons (Fsp3) is 0.235. The third kappa shape index (κ3) is 5.88. The Morgan fingerprint density at radius 2 is 1.78 bits per heavy atom. The first-order chi connectivity index (χ1) is 11.1. The zero-order valence-electron chi connectivity index (χ0n) is 12.6. The summed E-state index contributed by atoms with van der Waals surface area (Å²) in [6.45, 7) is 2.24. The second-order valence-corrected chi connectivity index (χ2v) is 6.47. The van der Waals surface area contributed by atoms with Gasteiger partial charge in [-0.3, -0.25) is 0 Å². The van der Waals surface area contributed by atoms with E-state index in [0.29, 0.717) is 12.4 Å². The number of para-hydroxylation sites is 1. The number of rotatable bonds is 7. The molecule has 4 nitrogen and oxygen atoms in total. The molecule has 0 aromatic heterocycles. The van der Waals surface area contributed by atoms with Crippen molar-refractivity contribution >= 4 is 37.8 Å². The van der Waals surface area contributed by atoms with Gasteiger partial charge in [-0.05, 0) is 52.7 Å². The molecule has 0 atom stereocenters. The Labute approximate surface area is 152 Å². The maximum absolute atomic E-state index is 11.7. The molecule has 0 radical (unpaired) electrons. The quantitative estimate of drug-likeness (QED) is 0.466. The monoisotopic (exact) mass is 442 g/mol. The van der Waals surface area contributed by atoms with Gasteiger partial charge in [0.05, 0.1) is 4.47 Å².